The molecule has 0 saturated heterocycles. The summed E-state index contributed by atoms with van der Waals surface area (Å²) in [5.41, 5.74) is 1.48. The van der Waals surface area contributed by atoms with Crippen molar-refractivity contribution in [3.05, 3.63) is 30.2 Å². The Morgan fingerprint density at radius 2 is 2.50 bits per heavy atom. The van der Waals surface area contributed by atoms with E-state index in [0.29, 0.717) is 6.54 Å². The van der Waals surface area contributed by atoms with Gasteiger partial charge in [-0.3, -0.25) is 4.79 Å². The van der Waals surface area contributed by atoms with Crippen LogP contribution in [-0.4, -0.2) is 27.0 Å². The van der Waals surface area contributed by atoms with E-state index in [-0.39, 0.29) is 5.91 Å². The maximum absolute atomic E-state index is 10.6. The van der Waals surface area contributed by atoms with E-state index in [4.69, 9.17) is 0 Å². The molecule has 1 N–H and O–H groups in total. The molecule has 0 aliphatic rings. The lowest BCUT2D eigenvalue weighted by Gasteiger charge is -1.91. The minimum atomic E-state index is -0.0905. The Balaban J connectivity index is 2.18. The predicted octanol–water partition coefficient (Wildman–Crippen LogP) is 0.217. The molecular weight excluding hydrogens is 204 g/mol. The van der Waals surface area contributed by atoms with Gasteiger partial charge in [-0.1, -0.05) is 11.8 Å². The van der Waals surface area contributed by atoms with Gasteiger partial charge in [0.2, 0.25) is 5.91 Å². The van der Waals surface area contributed by atoms with E-state index in [9.17, 15) is 4.79 Å². The van der Waals surface area contributed by atoms with Crippen LogP contribution >= 0.6 is 0 Å². The maximum Gasteiger partial charge on any atom is 0.217 e. The molecule has 0 unspecified atom stereocenters. The summed E-state index contributed by atoms with van der Waals surface area (Å²) >= 11 is 0. The largest absolute Gasteiger partial charge is 0.345 e. The molecule has 0 atom stereocenters. The first-order chi connectivity index (χ1) is 7.77. The topological polar surface area (TPSA) is 59.3 Å². The predicted molar refractivity (Wildman–Crippen MR) is 58.5 cm³/mol. The number of hydrogen-bond donors (Lipinski definition) is 1. The van der Waals surface area contributed by atoms with E-state index in [1.54, 1.807) is 29.2 Å². The highest BCUT2D eigenvalue weighted by Gasteiger charge is 1.99. The summed E-state index contributed by atoms with van der Waals surface area (Å²) < 4.78 is 1.66. The molecule has 0 bridgehead atoms. The van der Waals surface area contributed by atoms with E-state index in [1.807, 2.05) is 0 Å². The van der Waals surface area contributed by atoms with Gasteiger partial charge in [-0.2, -0.15) is 5.10 Å². The summed E-state index contributed by atoms with van der Waals surface area (Å²) in [5.74, 6) is 5.66. The van der Waals surface area contributed by atoms with Crippen LogP contribution < -0.4 is 5.32 Å². The third kappa shape index (κ3) is 2.17. The van der Waals surface area contributed by atoms with Crippen LogP contribution in [0.1, 0.15) is 12.5 Å². The van der Waals surface area contributed by atoms with Crippen LogP contribution in [0, 0.1) is 11.8 Å². The second-order valence-electron chi connectivity index (χ2n) is 3.16. The Morgan fingerprint density at radius 3 is 3.31 bits per heavy atom. The van der Waals surface area contributed by atoms with Crippen LogP contribution in [0.15, 0.2) is 24.7 Å². The highest BCUT2D eigenvalue weighted by molar-refractivity contribution is 5.73. The van der Waals surface area contributed by atoms with Crippen LogP contribution in [0.5, 0.6) is 0 Å². The van der Waals surface area contributed by atoms with Crippen molar-refractivity contribution in [3.8, 4) is 11.8 Å². The summed E-state index contributed by atoms with van der Waals surface area (Å²) in [7, 11) is 0. The lowest BCUT2D eigenvalue weighted by atomic mass is 10.3. The lowest BCUT2D eigenvalue weighted by Crippen LogP contribution is -2.19. The number of hydrogen-bond acceptors (Lipinski definition) is 3. The SMILES string of the molecule is CC(=O)NCC#Cc1cnn2cccnc12. The molecule has 1 amide bonds. The second kappa shape index (κ2) is 4.45. The number of fused-ring (bicyclic) bond motifs is 1. The zero-order valence-electron chi connectivity index (χ0n) is 8.77. The van der Waals surface area contributed by atoms with Gasteiger partial charge < -0.3 is 5.32 Å². The molecule has 0 radical (unpaired) electrons. The summed E-state index contributed by atoms with van der Waals surface area (Å²) in [6.45, 7) is 1.79. The molecular formula is C11H10N4O. The number of aromatic nitrogens is 3. The average Bonchev–Trinajstić information content (AvgIpc) is 2.68. The maximum atomic E-state index is 10.6. The molecule has 0 aliphatic heterocycles. The number of carbonyl (C=O) groups is 1. The summed E-state index contributed by atoms with van der Waals surface area (Å²) in [6.07, 6.45) is 5.15. The van der Waals surface area contributed by atoms with Gasteiger partial charge >= 0.3 is 0 Å². The molecule has 0 aliphatic carbocycles. The van der Waals surface area contributed by atoms with Gasteiger partial charge in [-0.05, 0) is 6.07 Å². The molecule has 0 aromatic carbocycles. The van der Waals surface area contributed by atoms with Gasteiger partial charge in [0.15, 0.2) is 5.65 Å². The van der Waals surface area contributed by atoms with E-state index >= 15 is 0 Å². The molecule has 0 fully saturated rings. The van der Waals surface area contributed by atoms with Crippen molar-refractivity contribution in [1.82, 2.24) is 19.9 Å². The van der Waals surface area contributed by atoms with Crippen LogP contribution in [0.3, 0.4) is 0 Å². The molecule has 2 heterocycles. The van der Waals surface area contributed by atoms with Gasteiger partial charge in [0.05, 0.1) is 18.3 Å². The van der Waals surface area contributed by atoms with Crippen molar-refractivity contribution < 1.29 is 4.79 Å². The van der Waals surface area contributed by atoms with E-state index in [2.05, 4.69) is 27.2 Å². The summed E-state index contributed by atoms with van der Waals surface area (Å²) in [5, 5.41) is 6.69. The van der Waals surface area contributed by atoms with Crippen molar-refractivity contribution in [1.29, 1.82) is 0 Å². The van der Waals surface area contributed by atoms with Crippen molar-refractivity contribution in [2.45, 2.75) is 6.92 Å². The van der Waals surface area contributed by atoms with E-state index < -0.39 is 0 Å². The first kappa shape index (κ1) is 10.2. The molecule has 5 nitrogen and oxygen atoms in total. The van der Waals surface area contributed by atoms with Gasteiger partial charge in [0.1, 0.15) is 0 Å². The van der Waals surface area contributed by atoms with Crippen molar-refractivity contribution >= 4 is 11.6 Å². The molecule has 0 spiro atoms. The van der Waals surface area contributed by atoms with Crippen LogP contribution in [-0.2, 0) is 4.79 Å². The third-order valence-corrected chi connectivity index (χ3v) is 1.93. The van der Waals surface area contributed by atoms with Gasteiger partial charge in [0, 0.05) is 19.3 Å². The fourth-order valence-electron chi connectivity index (χ4n) is 1.22. The summed E-state index contributed by atoms with van der Waals surface area (Å²) in [6, 6.07) is 1.80. The molecule has 16 heavy (non-hydrogen) atoms. The Hall–Kier alpha value is -2.35. The fourth-order valence-corrected chi connectivity index (χ4v) is 1.22. The number of carbonyl (C=O) groups excluding carboxylic acids is 1. The standard InChI is InChI=1S/C11H10N4O/c1-9(16)12-5-2-4-10-8-14-15-7-3-6-13-11(10)15/h3,6-8H,5H2,1H3,(H,12,16). The monoisotopic (exact) mass is 214 g/mol. The van der Waals surface area contributed by atoms with E-state index in [0.717, 1.165) is 11.2 Å². The van der Waals surface area contributed by atoms with Gasteiger partial charge in [0.25, 0.3) is 0 Å². The molecule has 80 valence electrons. The Morgan fingerprint density at radius 1 is 1.62 bits per heavy atom. The summed E-state index contributed by atoms with van der Waals surface area (Å²) in [4.78, 5) is 14.8. The van der Waals surface area contributed by atoms with Gasteiger partial charge in [-0.25, -0.2) is 9.50 Å². The Kier molecular flexibility index (Phi) is 2.83. The van der Waals surface area contributed by atoms with Crippen LogP contribution in [0.2, 0.25) is 0 Å². The number of amides is 1. The van der Waals surface area contributed by atoms with Gasteiger partial charge in [-0.15, -0.1) is 0 Å². The zero-order valence-corrected chi connectivity index (χ0v) is 8.77. The van der Waals surface area contributed by atoms with Crippen molar-refractivity contribution in [2.24, 2.45) is 0 Å². The Labute approximate surface area is 92.5 Å². The second-order valence-corrected chi connectivity index (χ2v) is 3.16. The molecule has 0 saturated carbocycles. The number of rotatable bonds is 1. The number of nitrogens with zero attached hydrogens (tertiary/aromatic N) is 3. The van der Waals surface area contributed by atoms with Crippen LogP contribution in [0.4, 0.5) is 0 Å². The lowest BCUT2D eigenvalue weighted by molar-refractivity contribution is -0.118. The first-order valence-electron chi connectivity index (χ1n) is 4.79. The minimum absolute atomic E-state index is 0.0905. The normalized spacial score (nSPS) is 9.56. The van der Waals surface area contributed by atoms with Crippen molar-refractivity contribution in [2.75, 3.05) is 6.54 Å². The highest BCUT2D eigenvalue weighted by Crippen LogP contribution is 2.03. The first-order valence-corrected chi connectivity index (χ1v) is 4.79. The molecule has 2 aromatic heterocycles. The van der Waals surface area contributed by atoms with Crippen LogP contribution in [0.25, 0.3) is 5.65 Å². The number of nitrogens with one attached hydrogen (secondary N) is 1. The van der Waals surface area contributed by atoms with E-state index in [1.165, 1.54) is 6.92 Å². The quantitative estimate of drug-likeness (QED) is 0.691. The third-order valence-electron chi connectivity index (χ3n) is 1.93. The smallest absolute Gasteiger partial charge is 0.217 e. The average molecular weight is 214 g/mol. The zero-order chi connectivity index (χ0) is 11.4. The minimum Gasteiger partial charge on any atom is -0.345 e. The Bertz CT molecular complexity index is 576. The molecule has 2 aromatic rings. The highest BCUT2D eigenvalue weighted by atomic mass is 16.1. The fraction of sp³-hybridized carbons (Fsp3) is 0.182. The molecule has 5 heteroatoms. The molecule has 2 rings (SSSR count). The van der Waals surface area contributed by atoms with Crippen molar-refractivity contribution in [3.63, 3.8) is 0 Å².